The fourth-order valence-corrected chi connectivity index (χ4v) is 3.99. The molecule has 118 valence electrons. The lowest BCUT2D eigenvalue weighted by Crippen LogP contribution is -3.00. The predicted octanol–water partition coefficient (Wildman–Crippen LogP) is 1.57. The second-order valence-electron chi connectivity index (χ2n) is 6.20. The lowest BCUT2D eigenvalue weighted by atomic mass is 9.93. The first kappa shape index (κ1) is 15.4. The number of nitrogens with zero attached hydrogens (tertiary/aromatic N) is 2. The minimum absolute atomic E-state index is 0. The first-order chi connectivity index (χ1) is 11.3. The van der Waals surface area contributed by atoms with Crippen molar-refractivity contribution >= 4 is 33.1 Å². The van der Waals surface area contributed by atoms with Crippen LogP contribution >= 0.6 is 0 Å². The van der Waals surface area contributed by atoms with E-state index in [0.29, 0.717) is 0 Å². The van der Waals surface area contributed by atoms with Crippen LogP contribution in [0.5, 0.6) is 0 Å². The number of fused-ring (bicyclic) bond motifs is 4. The zero-order valence-corrected chi connectivity index (χ0v) is 15.8. The van der Waals surface area contributed by atoms with E-state index in [1.54, 1.807) is 0 Å². The molecule has 0 atom stereocenters. The molecule has 2 nitrogen and oxygen atoms in total. The highest BCUT2D eigenvalue weighted by molar-refractivity contribution is 6.17. The summed E-state index contributed by atoms with van der Waals surface area (Å²) in [6.07, 6.45) is 0. The molecule has 4 aromatic rings. The van der Waals surface area contributed by atoms with Crippen LogP contribution in [0.15, 0.2) is 66.7 Å². The van der Waals surface area contributed by atoms with Crippen molar-refractivity contribution in [2.75, 3.05) is 11.9 Å². The van der Waals surface area contributed by atoms with Gasteiger partial charge in [0.2, 0.25) is 11.2 Å². The summed E-state index contributed by atoms with van der Waals surface area (Å²) >= 11 is 0. The minimum Gasteiger partial charge on any atom is -1.00 e. The van der Waals surface area contributed by atoms with E-state index in [0.717, 1.165) is 0 Å². The van der Waals surface area contributed by atoms with Gasteiger partial charge in [-0.25, -0.2) is 0 Å². The van der Waals surface area contributed by atoms with Gasteiger partial charge in [0.1, 0.15) is 7.05 Å². The molecule has 1 aliphatic heterocycles. The molecule has 0 spiro atoms. The number of benzene rings is 3. The molecule has 0 N–H and O–H groups in total. The molecular formula is C21H17IN2. The highest BCUT2D eigenvalue weighted by atomic mass is 127. The highest BCUT2D eigenvalue weighted by Gasteiger charge is 2.30. The average Bonchev–Trinajstić information content (AvgIpc) is 2.61. The van der Waals surface area contributed by atoms with Crippen molar-refractivity contribution in [1.29, 1.82) is 0 Å². The Bertz CT molecular complexity index is 1100. The molecular weight excluding hydrogens is 407 g/mol. The number of hydrogen-bond donors (Lipinski definition) is 0. The largest absolute Gasteiger partial charge is 1.00 e. The lowest BCUT2D eigenvalue weighted by Gasteiger charge is -2.28. The number of anilines is 2. The van der Waals surface area contributed by atoms with E-state index in [9.17, 15) is 0 Å². The number of rotatable bonds is 0. The summed E-state index contributed by atoms with van der Waals surface area (Å²) in [5, 5.41) is 3.98. The quantitative estimate of drug-likeness (QED) is 0.236. The van der Waals surface area contributed by atoms with E-state index in [1.165, 1.54) is 44.3 Å². The molecule has 0 amide bonds. The Hall–Kier alpha value is -2.14. The molecule has 0 unspecified atom stereocenters. The summed E-state index contributed by atoms with van der Waals surface area (Å²) in [4.78, 5) is 2.30. The summed E-state index contributed by atoms with van der Waals surface area (Å²) in [5.74, 6) is 0. The fraction of sp³-hybridized carbons (Fsp3) is 0.0952. The van der Waals surface area contributed by atoms with Gasteiger partial charge in [0.25, 0.3) is 0 Å². The topological polar surface area (TPSA) is 7.12 Å². The summed E-state index contributed by atoms with van der Waals surface area (Å²) in [5.41, 5.74) is 6.41. The van der Waals surface area contributed by atoms with Crippen LogP contribution in [0.25, 0.3) is 32.9 Å². The third kappa shape index (κ3) is 1.85. The summed E-state index contributed by atoms with van der Waals surface area (Å²) < 4.78 is 2.34. The van der Waals surface area contributed by atoms with Crippen molar-refractivity contribution in [2.45, 2.75) is 0 Å². The zero-order chi connectivity index (χ0) is 15.6. The summed E-state index contributed by atoms with van der Waals surface area (Å²) in [6.45, 7) is 0. The van der Waals surface area contributed by atoms with Crippen molar-refractivity contribution in [2.24, 2.45) is 7.05 Å². The van der Waals surface area contributed by atoms with E-state index < -0.39 is 0 Å². The van der Waals surface area contributed by atoms with Gasteiger partial charge >= 0.3 is 0 Å². The van der Waals surface area contributed by atoms with E-state index in [4.69, 9.17) is 0 Å². The molecule has 3 aromatic carbocycles. The Morgan fingerprint density at radius 2 is 1.42 bits per heavy atom. The standard InChI is InChI=1S/C21H17N2.HI/c1-22-18-12-6-4-9-16(18)21-20-15(10-7-13-19(20)22)14-8-3-5-11-17(14)23(21)2;/h3-13H,1-2H3;1H/q+1;/p-1. The predicted molar refractivity (Wildman–Crippen MR) is 96.1 cm³/mol. The van der Waals surface area contributed by atoms with Crippen LogP contribution in [0.3, 0.4) is 0 Å². The van der Waals surface area contributed by atoms with Crippen molar-refractivity contribution in [3.63, 3.8) is 0 Å². The Balaban J connectivity index is 0.00000146. The smallest absolute Gasteiger partial charge is 0.224 e. The van der Waals surface area contributed by atoms with Gasteiger partial charge in [0.05, 0.1) is 27.7 Å². The van der Waals surface area contributed by atoms with Gasteiger partial charge < -0.3 is 28.9 Å². The Labute approximate surface area is 158 Å². The number of aryl methyl sites for hydroxylation is 1. The summed E-state index contributed by atoms with van der Waals surface area (Å²) in [7, 11) is 4.34. The van der Waals surface area contributed by atoms with Crippen LogP contribution in [0.1, 0.15) is 0 Å². The van der Waals surface area contributed by atoms with E-state index >= 15 is 0 Å². The van der Waals surface area contributed by atoms with E-state index in [1.807, 2.05) is 0 Å². The highest BCUT2D eigenvalue weighted by Crippen LogP contribution is 2.46. The van der Waals surface area contributed by atoms with Crippen molar-refractivity contribution < 1.29 is 28.5 Å². The van der Waals surface area contributed by atoms with Crippen LogP contribution in [-0.2, 0) is 7.05 Å². The van der Waals surface area contributed by atoms with Gasteiger partial charge in [-0.1, -0.05) is 36.4 Å². The Kier molecular flexibility index (Phi) is 3.49. The van der Waals surface area contributed by atoms with E-state index in [2.05, 4.69) is 90.3 Å². The molecule has 2 heterocycles. The van der Waals surface area contributed by atoms with Crippen molar-refractivity contribution in [1.82, 2.24) is 0 Å². The molecule has 24 heavy (non-hydrogen) atoms. The van der Waals surface area contributed by atoms with Gasteiger partial charge in [-0.15, -0.1) is 0 Å². The van der Waals surface area contributed by atoms with Gasteiger partial charge in [-0.05, 0) is 24.3 Å². The maximum Gasteiger partial charge on any atom is 0.224 e. The Morgan fingerprint density at radius 1 is 0.750 bits per heavy atom. The summed E-state index contributed by atoms with van der Waals surface area (Å²) in [6, 6.07) is 24.0. The fourth-order valence-electron chi connectivity index (χ4n) is 3.99. The second-order valence-corrected chi connectivity index (χ2v) is 6.20. The van der Waals surface area contributed by atoms with E-state index in [-0.39, 0.29) is 24.0 Å². The minimum atomic E-state index is 0. The normalized spacial score (nSPS) is 12.2. The molecule has 0 aliphatic carbocycles. The molecule has 1 aromatic heterocycles. The van der Waals surface area contributed by atoms with Gasteiger partial charge in [0.15, 0.2) is 0 Å². The molecule has 0 saturated carbocycles. The lowest BCUT2D eigenvalue weighted by molar-refractivity contribution is -0.632. The van der Waals surface area contributed by atoms with Crippen molar-refractivity contribution in [3.05, 3.63) is 66.7 Å². The third-order valence-corrected chi connectivity index (χ3v) is 5.05. The van der Waals surface area contributed by atoms with Crippen LogP contribution < -0.4 is 33.4 Å². The van der Waals surface area contributed by atoms with Crippen LogP contribution in [-0.4, -0.2) is 7.05 Å². The first-order valence-electron chi connectivity index (χ1n) is 7.94. The van der Waals surface area contributed by atoms with Crippen LogP contribution in [0.2, 0.25) is 0 Å². The zero-order valence-electron chi connectivity index (χ0n) is 13.6. The molecule has 1 aliphatic rings. The number of aromatic nitrogens is 1. The number of pyridine rings is 1. The first-order valence-corrected chi connectivity index (χ1v) is 7.94. The van der Waals surface area contributed by atoms with Crippen LogP contribution in [0, 0.1) is 0 Å². The Morgan fingerprint density at radius 3 is 2.29 bits per heavy atom. The van der Waals surface area contributed by atoms with Gasteiger partial charge in [-0.2, -0.15) is 4.57 Å². The maximum absolute atomic E-state index is 2.34. The number of halogens is 1. The monoisotopic (exact) mass is 424 g/mol. The molecule has 0 fully saturated rings. The van der Waals surface area contributed by atoms with Crippen molar-refractivity contribution in [3.8, 4) is 11.3 Å². The molecule has 0 saturated heterocycles. The second kappa shape index (κ2) is 5.45. The molecule has 0 bridgehead atoms. The number of hydrogen-bond acceptors (Lipinski definition) is 1. The molecule has 3 heteroatoms. The average molecular weight is 424 g/mol. The molecule has 0 radical (unpaired) electrons. The molecule has 5 rings (SSSR count). The SMILES string of the molecule is CN1c2ccccc2-c2c3c1cccc3c1ccccc1[n+]2C.[I-]. The van der Waals surface area contributed by atoms with Gasteiger partial charge in [-0.3, -0.25) is 0 Å². The van der Waals surface area contributed by atoms with Crippen LogP contribution in [0.4, 0.5) is 11.4 Å². The third-order valence-electron chi connectivity index (χ3n) is 5.05. The maximum atomic E-state index is 2.34. The van der Waals surface area contributed by atoms with Gasteiger partial charge in [0, 0.05) is 18.5 Å². The number of para-hydroxylation sites is 2.